The van der Waals surface area contributed by atoms with Crippen LogP contribution in [-0.4, -0.2) is 20.7 Å². The number of benzene rings is 1. The summed E-state index contributed by atoms with van der Waals surface area (Å²) in [7, 11) is 1.70. The maximum atomic E-state index is 13.8. The predicted molar refractivity (Wildman–Crippen MR) is 109 cm³/mol. The molecule has 4 rings (SSSR count). The van der Waals surface area contributed by atoms with E-state index in [2.05, 4.69) is 10.1 Å². The Labute approximate surface area is 176 Å². The molecular formula is C22H21F3N4O2. The lowest BCUT2D eigenvalue weighted by Gasteiger charge is -2.20. The molecule has 0 aliphatic heterocycles. The summed E-state index contributed by atoms with van der Waals surface area (Å²) >= 11 is 0. The van der Waals surface area contributed by atoms with Gasteiger partial charge in [-0.1, -0.05) is 18.2 Å². The minimum atomic E-state index is -4.59. The molecule has 1 fully saturated rings. The Kier molecular flexibility index (Phi) is 5.20. The Bertz CT molecular complexity index is 1120. The van der Waals surface area contributed by atoms with E-state index in [0.717, 1.165) is 18.9 Å². The number of rotatable bonds is 5. The average Bonchev–Trinajstić information content (AvgIpc) is 3.53. The summed E-state index contributed by atoms with van der Waals surface area (Å²) in [6.45, 7) is 1.46. The molecular weight excluding hydrogens is 409 g/mol. The van der Waals surface area contributed by atoms with Crippen LogP contribution in [0, 0.1) is 5.92 Å². The molecule has 0 saturated heterocycles. The van der Waals surface area contributed by atoms with Crippen LogP contribution < -0.4 is 5.73 Å². The van der Waals surface area contributed by atoms with Gasteiger partial charge in [0.05, 0.1) is 28.9 Å². The molecule has 1 aromatic carbocycles. The zero-order valence-electron chi connectivity index (χ0n) is 17.0. The first-order valence-corrected chi connectivity index (χ1v) is 9.81. The molecule has 0 radical (unpaired) electrons. The number of anilines is 1. The summed E-state index contributed by atoms with van der Waals surface area (Å²) in [5.41, 5.74) is 7.14. The highest BCUT2D eigenvalue weighted by Gasteiger charge is 2.37. The molecule has 1 saturated carbocycles. The number of halogens is 3. The van der Waals surface area contributed by atoms with Crippen LogP contribution in [0.5, 0.6) is 0 Å². The fourth-order valence-electron chi connectivity index (χ4n) is 3.36. The molecule has 1 aliphatic rings. The summed E-state index contributed by atoms with van der Waals surface area (Å²) in [5, 5.41) is 4.06. The van der Waals surface area contributed by atoms with Crippen molar-refractivity contribution >= 4 is 11.8 Å². The Balaban J connectivity index is 1.64. The van der Waals surface area contributed by atoms with Gasteiger partial charge in [0.15, 0.2) is 0 Å². The number of nitrogens with two attached hydrogens (primary N) is 1. The molecule has 9 heteroatoms. The summed E-state index contributed by atoms with van der Waals surface area (Å²) in [5.74, 6) is -0.188. The number of aromatic nitrogens is 3. The highest BCUT2D eigenvalue weighted by Crippen LogP contribution is 2.39. The molecule has 3 aromatic rings. The largest absolute Gasteiger partial charge is 0.458 e. The van der Waals surface area contributed by atoms with Gasteiger partial charge < -0.3 is 10.5 Å². The molecule has 1 atom stereocenters. The van der Waals surface area contributed by atoms with Gasteiger partial charge in [-0.25, -0.2) is 0 Å². The molecule has 6 nitrogen and oxygen atoms in total. The van der Waals surface area contributed by atoms with Crippen molar-refractivity contribution < 1.29 is 22.7 Å². The predicted octanol–water partition coefficient (Wildman–Crippen LogP) is 4.76. The van der Waals surface area contributed by atoms with E-state index in [1.165, 1.54) is 23.9 Å². The third-order valence-corrected chi connectivity index (χ3v) is 5.36. The van der Waals surface area contributed by atoms with Gasteiger partial charge in [-0.3, -0.25) is 14.5 Å². The van der Waals surface area contributed by atoms with Crippen molar-refractivity contribution in [2.24, 2.45) is 13.0 Å². The van der Waals surface area contributed by atoms with Crippen molar-refractivity contribution in [2.45, 2.75) is 32.0 Å². The van der Waals surface area contributed by atoms with Crippen molar-refractivity contribution in [1.82, 2.24) is 14.8 Å². The number of hydrogen-bond acceptors (Lipinski definition) is 5. The van der Waals surface area contributed by atoms with Crippen molar-refractivity contribution in [1.29, 1.82) is 0 Å². The SMILES string of the molecule is CC(OC(=O)C1CC1)c1ccc(-c2ccc(-c3cnn(C)c3N)nc2)cc1C(F)(F)F. The minimum Gasteiger partial charge on any atom is -0.458 e. The number of nitrogens with zero attached hydrogens (tertiary/aromatic N) is 3. The molecule has 0 amide bonds. The summed E-state index contributed by atoms with van der Waals surface area (Å²) in [6, 6.07) is 7.35. The lowest BCUT2D eigenvalue weighted by molar-refractivity contribution is -0.152. The third-order valence-electron chi connectivity index (χ3n) is 5.36. The van der Waals surface area contributed by atoms with Crippen molar-refractivity contribution in [3.8, 4) is 22.4 Å². The van der Waals surface area contributed by atoms with Gasteiger partial charge in [0, 0.05) is 24.4 Å². The number of carbonyl (C=O) groups excluding carboxylic acids is 1. The van der Waals surface area contributed by atoms with E-state index in [-0.39, 0.29) is 11.5 Å². The van der Waals surface area contributed by atoms with E-state index in [0.29, 0.717) is 28.2 Å². The number of ether oxygens (including phenoxy) is 1. The summed E-state index contributed by atoms with van der Waals surface area (Å²) in [6.07, 6.45) is -1.06. The van der Waals surface area contributed by atoms with E-state index in [4.69, 9.17) is 10.5 Å². The van der Waals surface area contributed by atoms with E-state index in [1.807, 2.05) is 0 Å². The second-order valence-electron chi connectivity index (χ2n) is 7.65. The van der Waals surface area contributed by atoms with Gasteiger partial charge in [0.25, 0.3) is 0 Å². The van der Waals surface area contributed by atoms with Crippen molar-refractivity contribution in [3.63, 3.8) is 0 Å². The van der Waals surface area contributed by atoms with Crippen LogP contribution >= 0.6 is 0 Å². The van der Waals surface area contributed by atoms with Crippen LogP contribution in [0.1, 0.15) is 37.0 Å². The second-order valence-corrected chi connectivity index (χ2v) is 7.65. The van der Waals surface area contributed by atoms with Crippen LogP contribution in [0.25, 0.3) is 22.4 Å². The topological polar surface area (TPSA) is 83.0 Å². The van der Waals surface area contributed by atoms with E-state index in [1.54, 1.807) is 31.4 Å². The Morgan fingerprint density at radius 2 is 1.90 bits per heavy atom. The number of pyridine rings is 1. The molecule has 1 unspecified atom stereocenters. The molecule has 31 heavy (non-hydrogen) atoms. The standard InChI is InChI=1S/C22H21F3N4O2/c1-12(31-21(30)13-3-4-13)16-7-5-14(9-18(16)22(23,24)25)15-6-8-19(27-10-15)17-11-28-29(2)20(17)26/h5-13H,3-4,26H2,1-2H3. The normalized spacial score (nSPS) is 15.0. The van der Waals surface area contributed by atoms with Crippen LogP contribution in [0.15, 0.2) is 42.7 Å². The van der Waals surface area contributed by atoms with E-state index >= 15 is 0 Å². The third kappa shape index (κ3) is 4.26. The number of esters is 1. The minimum absolute atomic E-state index is 0.0713. The first-order valence-electron chi connectivity index (χ1n) is 9.81. The van der Waals surface area contributed by atoms with Gasteiger partial charge in [-0.05, 0) is 37.5 Å². The monoisotopic (exact) mass is 430 g/mol. The zero-order chi connectivity index (χ0) is 22.3. The van der Waals surface area contributed by atoms with E-state index in [9.17, 15) is 18.0 Å². The molecule has 0 bridgehead atoms. The zero-order valence-corrected chi connectivity index (χ0v) is 17.0. The van der Waals surface area contributed by atoms with Gasteiger partial charge in [0.2, 0.25) is 0 Å². The molecule has 0 spiro atoms. The maximum absolute atomic E-state index is 13.8. The van der Waals surface area contributed by atoms with Crippen LogP contribution in [0.4, 0.5) is 19.0 Å². The number of carbonyl (C=O) groups is 1. The number of aryl methyl sites for hydroxylation is 1. The van der Waals surface area contributed by atoms with Gasteiger partial charge in [0.1, 0.15) is 11.9 Å². The number of nitrogen functional groups attached to an aromatic ring is 1. The Hall–Kier alpha value is -3.36. The average molecular weight is 430 g/mol. The Morgan fingerprint density at radius 1 is 1.19 bits per heavy atom. The van der Waals surface area contributed by atoms with Gasteiger partial charge in [-0.15, -0.1) is 0 Å². The Morgan fingerprint density at radius 3 is 2.45 bits per heavy atom. The van der Waals surface area contributed by atoms with Gasteiger partial charge >= 0.3 is 12.1 Å². The summed E-state index contributed by atoms with van der Waals surface area (Å²) < 4.78 is 48.1. The first-order chi connectivity index (χ1) is 14.6. The van der Waals surface area contributed by atoms with Crippen LogP contribution in [-0.2, 0) is 22.8 Å². The quantitative estimate of drug-likeness (QED) is 0.590. The van der Waals surface area contributed by atoms with Crippen molar-refractivity contribution in [3.05, 3.63) is 53.9 Å². The smallest absolute Gasteiger partial charge is 0.416 e. The first kappa shape index (κ1) is 20.9. The second kappa shape index (κ2) is 7.72. The molecule has 162 valence electrons. The van der Waals surface area contributed by atoms with Gasteiger partial charge in [-0.2, -0.15) is 18.3 Å². The van der Waals surface area contributed by atoms with Crippen LogP contribution in [0.3, 0.4) is 0 Å². The number of hydrogen-bond donors (Lipinski definition) is 1. The molecule has 2 heterocycles. The highest BCUT2D eigenvalue weighted by molar-refractivity contribution is 5.75. The fourth-order valence-corrected chi connectivity index (χ4v) is 3.36. The maximum Gasteiger partial charge on any atom is 0.416 e. The summed E-state index contributed by atoms with van der Waals surface area (Å²) in [4.78, 5) is 16.2. The molecule has 2 N–H and O–H groups in total. The van der Waals surface area contributed by atoms with Crippen molar-refractivity contribution in [2.75, 3.05) is 5.73 Å². The number of alkyl halides is 3. The lowest BCUT2D eigenvalue weighted by Crippen LogP contribution is -2.16. The molecule has 2 aromatic heterocycles. The highest BCUT2D eigenvalue weighted by atomic mass is 19.4. The lowest BCUT2D eigenvalue weighted by atomic mass is 9.96. The fraction of sp³-hybridized carbons (Fsp3) is 0.318. The van der Waals surface area contributed by atoms with E-state index < -0.39 is 23.8 Å². The molecule has 1 aliphatic carbocycles. The van der Waals surface area contributed by atoms with Crippen LogP contribution in [0.2, 0.25) is 0 Å².